The molecule has 0 aliphatic rings. The molecule has 0 saturated carbocycles. The predicted molar refractivity (Wildman–Crippen MR) is 88.4 cm³/mol. The van der Waals surface area contributed by atoms with Gasteiger partial charge in [-0.15, -0.1) is 0 Å². The molecule has 3 aromatic rings. The number of amides is 1. The molecule has 0 saturated heterocycles. The first-order valence-electron chi connectivity index (χ1n) is 6.40. The Morgan fingerprint density at radius 2 is 1.57 bits per heavy atom. The SMILES string of the molecule is O=C(Nc1cccc(Cl)c1Cl)c1cccc2ccccc12. The van der Waals surface area contributed by atoms with Crippen molar-refractivity contribution in [3.05, 3.63) is 76.3 Å². The fourth-order valence-electron chi connectivity index (χ4n) is 2.21. The molecule has 0 aromatic heterocycles. The first kappa shape index (κ1) is 13.9. The van der Waals surface area contributed by atoms with Crippen LogP contribution in [0.5, 0.6) is 0 Å². The highest BCUT2D eigenvalue weighted by Crippen LogP contribution is 2.30. The summed E-state index contributed by atoms with van der Waals surface area (Å²) in [5.41, 5.74) is 1.10. The minimum Gasteiger partial charge on any atom is -0.321 e. The molecule has 1 N–H and O–H groups in total. The van der Waals surface area contributed by atoms with Crippen LogP contribution in [-0.2, 0) is 0 Å². The van der Waals surface area contributed by atoms with Gasteiger partial charge in [0.15, 0.2) is 0 Å². The van der Waals surface area contributed by atoms with Gasteiger partial charge < -0.3 is 5.32 Å². The van der Waals surface area contributed by atoms with Crippen LogP contribution in [0.4, 0.5) is 5.69 Å². The van der Waals surface area contributed by atoms with Gasteiger partial charge in [-0.1, -0.05) is 65.7 Å². The van der Waals surface area contributed by atoms with Crippen molar-refractivity contribution in [2.75, 3.05) is 5.32 Å². The maximum Gasteiger partial charge on any atom is 0.256 e. The molecule has 3 aromatic carbocycles. The molecule has 0 aliphatic heterocycles. The van der Waals surface area contributed by atoms with E-state index in [4.69, 9.17) is 23.2 Å². The Hall–Kier alpha value is -2.03. The van der Waals surface area contributed by atoms with E-state index >= 15 is 0 Å². The van der Waals surface area contributed by atoms with E-state index in [1.165, 1.54) is 0 Å². The molecule has 4 heteroatoms. The second-order valence-corrected chi connectivity index (χ2v) is 5.37. The van der Waals surface area contributed by atoms with E-state index in [2.05, 4.69) is 5.32 Å². The molecular formula is C17H11Cl2NO. The van der Waals surface area contributed by atoms with Crippen LogP contribution in [0.25, 0.3) is 10.8 Å². The van der Waals surface area contributed by atoms with Crippen LogP contribution in [0, 0.1) is 0 Å². The number of hydrogen-bond donors (Lipinski definition) is 1. The smallest absolute Gasteiger partial charge is 0.256 e. The van der Waals surface area contributed by atoms with Gasteiger partial charge in [0.05, 0.1) is 15.7 Å². The molecule has 0 spiro atoms. The summed E-state index contributed by atoms with van der Waals surface area (Å²) >= 11 is 12.1. The van der Waals surface area contributed by atoms with E-state index in [0.29, 0.717) is 21.3 Å². The van der Waals surface area contributed by atoms with Crippen LogP contribution in [0.15, 0.2) is 60.7 Å². The highest BCUT2D eigenvalue weighted by atomic mass is 35.5. The highest BCUT2D eigenvalue weighted by Gasteiger charge is 2.12. The van der Waals surface area contributed by atoms with Crippen molar-refractivity contribution in [2.45, 2.75) is 0 Å². The van der Waals surface area contributed by atoms with E-state index in [1.54, 1.807) is 24.3 Å². The molecule has 3 rings (SSSR count). The maximum atomic E-state index is 12.5. The number of hydrogen-bond acceptors (Lipinski definition) is 1. The molecule has 1 amide bonds. The average Bonchev–Trinajstić information content (AvgIpc) is 2.51. The third-order valence-electron chi connectivity index (χ3n) is 3.23. The first-order valence-corrected chi connectivity index (χ1v) is 7.15. The number of anilines is 1. The highest BCUT2D eigenvalue weighted by molar-refractivity contribution is 6.44. The van der Waals surface area contributed by atoms with E-state index < -0.39 is 0 Å². The van der Waals surface area contributed by atoms with Crippen LogP contribution in [0.3, 0.4) is 0 Å². The summed E-state index contributed by atoms with van der Waals surface area (Å²) in [4.78, 5) is 12.5. The van der Waals surface area contributed by atoms with Crippen LogP contribution in [0.1, 0.15) is 10.4 Å². The summed E-state index contributed by atoms with van der Waals surface area (Å²) < 4.78 is 0. The van der Waals surface area contributed by atoms with Gasteiger partial charge in [0.25, 0.3) is 5.91 Å². The molecule has 104 valence electrons. The van der Waals surface area contributed by atoms with Gasteiger partial charge >= 0.3 is 0 Å². The molecular weight excluding hydrogens is 305 g/mol. The quantitative estimate of drug-likeness (QED) is 0.674. The molecule has 2 nitrogen and oxygen atoms in total. The molecule has 0 radical (unpaired) electrons. The third kappa shape index (κ3) is 2.73. The number of halogens is 2. The van der Waals surface area contributed by atoms with Crippen LogP contribution in [-0.4, -0.2) is 5.91 Å². The van der Waals surface area contributed by atoms with Crippen molar-refractivity contribution in [1.82, 2.24) is 0 Å². The first-order chi connectivity index (χ1) is 10.2. The Balaban J connectivity index is 2.00. The van der Waals surface area contributed by atoms with E-state index in [1.807, 2.05) is 36.4 Å². The van der Waals surface area contributed by atoms with E-state index in [0.717, 1.165) is 10.8 Å². The second kappa shape index (κ2) is 5.76. The number of benzene rings is 3. The Bertz CT molecular complexity index is 825. The van der Waals surface area contributed by atoms with Gasteiger partial charge in [0, 0.05) is 5.56 Å². The van der Waals surface area contributed by atoms with E-state index in [9.17, 15) is 4.79 Å². The number of nitrogens with one attached hydrogen (secondary N) is 1. The Labute approximate surface area is 132 Å². The Morgan fingerprint density at radius 1 is 0.857 bits per heavy atom. The van der Waals surface area contributed by atoms with Crippen LogP contribution < -0.4 is 5.32 Å². The van der Waals surface area contributed by atoms with Gasteiger partial charge in [-0.25, -0.2) is 0 Å². The lowest BCUT2D eigenvalue weighted by Crippen LogP contribution is -2.12. The summed E-state index contributed by atoms with van der Waals surface area (Å²) in [6.45, 7) is 0. The van der Waals surface area contributed by atoms with Crippen molar-refractivity contribution in [3.8, 4) is 0 Å². The normalized spacial score (nSPS) is 10.6. The van der Waals surface area contributed by atoms with Gasteiger partial charge in [-0.2, -0.15) is 0 Å². The molecule has 0 atom stereocenters. The molecule has 0 bridgehead atoms. The number of fused-ring (bicyclic) bond motifs is 1. The standard InChI is InChI=1S/C17H11Cl2NO/c18-14-9-4-10-15(16(14)19)20-17(21)13-8-3-6-11-5-1-2-7-12(11)13/h1-10H,(H,20,21). The number of rotatable bonds is 2. The Morgan fingerprint density at radius 3 is 2.43 bits per heavy atom. The fourth-order valence-corrected chi connectivity index (χ4v) is 2.56. The molecule has 0 fully saturated rings. The lowest BCUT2D eigenvalue weighted by molar-refractivity contribution is 0.102. The lowest BCUT2D eigenvalue weighted by atomic mass is 10.0. The van der Waals surface area contributed by atoms with Crippen LogP contribution >= 0.6 is 23.2 Å². The molecule has 0 aliphatic carbocycles. The Kier molecular flexibility index (Phi) is 3.82. The lowest BCUT2D eigenvalue weighted by Gasteiger charge is -2.10. The minimum atomic E-state index is -0.212. The van der Waals surface area contributed by atoms with Crippen LogP contribution in [0.2, 0.25) is 10.0 Å². The summed E-state index contributed by atoms with van der Waals surface area (Å²) in [5, 5.41) is 5.47. The zero-order valence-electron chi connectivity index (χ0n) is 10.9. The topological polar surface area (TPSA) is 29.1 Å². The summed E-state index contributed by atoms with van der Waals surface area (Å²) in [6.07, 6.45) is 0. The second-order valence-electron chi connectivity index (χ2n) is 4.58. The van der Waals surface area contributed by atoms with Crippen molar-refractivity contribution in [2.24, 2.45) is 0 Å². The van der Waals surface area contributed by atoms with Gasteiger partial charge in [0.2, 0.25) is 0 Å². The number of carbonyl (C=O) groups excluding carboxylic acids is 1. The van der Waals surface area contributed by atoms with Gasteiger partial charge in [-0.05, 0) is 29.0 Å². The average molecular weight is 316 g/mol. The zero-order chi connectivity index (χ0) is 14.8. The van der Waals surface area contributed by atoms with Gasteiger partial charge in [0.1, 0.15) is 0 Å². The number of carbonyl (C=O) groups is 1. The predicted octanol–water partition coefficient (Wildman–Crippen LogP) is 5.40. The van der Waals surface area contributed by atoms with Crippen molar-refractivity contribution < 1.29 is 4.79 Å². The fraction of sp³-hybridized carbons (Fsp3) is 0. The van der Waals surface area contributed by atoms with Crippen molar-refractivity contribution in [3.63, 3.8) is 0 Å². The third-order valence-corrected chi connectivity index (χ3v) is 4.05. The monoisotopic (exact) mass is 315 g/mol. The summed E-state index contributed by atoms with van der Waals surface area (Å²) in [7, 11) is 0. The summed E-state index contributed by atoms with van der Waals surface area (Å²) in [6, 6.07) is 18.5. The van der Waals surface area contributed by atoms with E-state index in [-0.39, 0.29) is 5.91 Å². The molecule has 0 unspecified atom stereocenters. The largest absolute Gasteiger partial charge is 0.321 e. The van der Waals surface area contributed by atoms with Gasteiger partial charge in [-0.3, -0.25) is 4.79 Å². The maximum absolute atomic E-state index is 12.5. The zero-order valence-corrected chi connectivity index (χ0v) is 12.4. The van der Waals surface area contributed by atoms with Crippen molar-refractivity contribution >= 4 is 45.6 Å². The minimum absolute atomic E-state index is 0.212. The molecule has 21 heavy (non-hydrogen) atoms. The van der Waals surface area contributed by atoms with Crippen molar-refractivity contribution in [1.29, 1.82) is 0 Å². The summed E-state index contributed by atoms with van der Waals surface area (Å²) in [5.74, 6) is -0.212. The molecule has 0 heterocycles.